The molecular weight excluding hydrogens is 346 g/mol. The van der Waals surface area contributed by atoms with Gasteiger partial charge in [-0.05, 0) is 35.7 Å². The summed E-state index contributed by atoms with van der Waals surface area (Å²) in [5, 5.41) is 0. The van der Waals surface area contributed by atoms with Crippen molar-refractivity contribution in [3.63, 3.8) is 0 Å². The summed E-state index contributed by atoms with van der Waals surface area (Å²) in [5.41, 5.74) is 1.54. The third kappa shape index (κ3) is 4.22. The van der Waals surface area contributed by atoms with Gasteiger partial charge in [-0.2, -0.15) is 0 Å². The highest BCUT2D eigenvalue weighted by Gasteiger charge is 2.24. The van der Waals surface area contributed by atoms with E-state index in [4.69, 9.17) is 14.2 Å². The standard InChI is InChI=1S/C21H23NO5/c1-14(2)11-22(12-15-8-9-18-19(10-15)27-13-26-18)20(23)16-6-4-5-7-17(16)21(24)25-3/h4-10,14H,11-13H2,1-3H3. The molecule has 27 heavy (non-hydrogen) atoms. The molecular formula is C21H23NO5. The molecule has 2 aromatic rings. The van der Waals surface area contributed by atoms with Gasteiger partial charge in [0.15, 0.2) is 11.5 Å². The first-order valence-corrected chi connectivity index (χ1v) is 8.84. The molecule has 0 saturated heterocycles. The first-order chi connectivity index (χ1) is 13.0. The molecule has 0 unspecified atom stereocenters. The van der Waals surface area contributed by atoms with E-state index in [9.17, 15) is 9.59 Å². The number of carbonyl (C=O) groups excluding carboxylic acids is 2. The van der Waals surface area contributed by atoms with E-state index >= 15 is 0 Å². The molecule has 0 atom stereocenters. The number of nitrogens with zero attached hydrogens (tertiary/aromatic N) is 1. The third-order valence-electron chi connectivity index (χ3n) is 4.25. The molecule has 3 rings (SSSR count). The van der Waals surface area contributed by atoms with Crippen molar-refractivity contribution in [2.24, 2.45) is 5.92 Å². The van der Waals surface area contributed by atoms with E-state index in [1.54, 1.807) is 29.2 Å². The molecule has 6 heteroatoms. The number of fused-ring (bicyclic) bond motifs is 1. The van der Waals surface area contributed by atoms with Crippen LogP contribution in [0.15, 0.2) is 42.5 Å². The maximum Gasteiger partial charge on any atom is 0.338 e. The lowest BCUT2D eigenvalue weighted by atomic mass is 10.0. The second kappa shape index (κ2) is 8.12. The summed E-state index contributed by atoms with van der Waals surface area (Å²) in [6.07, 6.45) is 0. The average Bonchev–Trinajstić information content (AvgIpc) is 3.13. The van der Waals surface area contributed by atoms with E-state index < -0.39 is 5.97 Å². The van der Waals surface area contributed by atoms with E-state index in [0.29, 0.717) is 30.2 Å². The van der Waals surface area contributed by atoms with Gasteiger partial charge in [0.2, 0.25) is 6.79 Å². The number of hydrogen-bond donors (Lipinski definition) is 0. The van der Waals surface area contributed by atoms with Crippen LogP contribution in [0.1, 0.15) is 40.1 Å². The molecule has 0 bridgehead atoms. The minimum Gasteiger partial charge on any atom is -0.465 e. The first kappa shape index (κ1) is 18.8. The zero-order valence-electron chi connectivity index (χ0n) is 15.7. The zero-order chi connectivity index (χ0) is 19.4. The Bertz CT molecular complexity index is 846. The fourth-order valence-corrected chi connectivity index (χ4v) is 3.05. The number of carbonyl (C=O) groups is 2. The van der Waals surface area contributed by atoms with Crippen LogP contribution in [0, 0.1) is 5.92 Å². The predicted molar refractivity (Wildman–Crippen MR) is 99.9 cm³/mol. The van der Waals surface area contributed by atoms with Crippen molar-refractivity contribution < 1.29 is 23.8 Å². The van der Waals surface area contributed by atoms with E-state index in [-0.39, 0.29) is 24.2 Å². The number of ether oxygens (including phenoxy) is 3. The highest BCUT2D eigenvalue weighted by atomic mass is 16.7. The van der Waals surface area contributed by atoms with Crippen LogP contribution in [-0.4, -0.2) is 37.2 Å². The molecule has 0 fully saturated rings. The summed E-state index contributed by atoms with van der Waals surface area (Å²) in [6.45, 7) is 5.27. The van der Waals surface area contributed by atoms with Crippen LogP contribution in [0.4, 0.5) is 0 Å². The smallest absolute Gasteiger partial charge is 0.338 e. The van der Waals surface area contributed by atoms with Crippen LogP contribution in [0.2, 0.25) is 0 Å². The van der Waals surface area contributed by atoms with Gasteiger partial charge in [-0.1, -0.05) is 32.0 Å². The molecule has 0 N–H and O–H groups in total. The first-order valence-electron chi connectivity index (χ1n) is 8.84. The Balaban J connectivity index is 1.89. The van der Waals surface area contributed by atoms with Crippen LogP contribution in [-0.2, 0) is 11.3 Å². The Labute approximate surface area is 158 Å². The topological polar surface area (TPSA) is 65.1 Å². The number of esters is 1. The highest BCUT2D eigenvalue weighted by Crippen LogP contribution is 2.33. The van der Waals surface area contributed by atoms with E-state index in [0.717, 1.165) is 5.56 Å². The minimum absolute atomic E-state index is 0.206. The molecule has 1 aliphatic rings. The fourth-order valence-electron chi connectivity index (χ4n) is 3.05. The molecule has 1 heterocycles. The summed E-state index contributed by atoms with van der Waals surface area (Å²) < 4.78 is 15.6. The summed E-state index contributed by atoms with van der Waals surface area (Å²) in [4.78, 5) is 27.0. The highest BCUT2D eigenvalue weighted by molar-refractivity contribution is 6.05. The Morgan fingerprint density at radius 1 is 1.07 bits per heavy atom. The molecule has 0 saturated carbocycles. The lowest BCUT2D eigenvalue weighted by molar-refractivity contribution is 0.0587. The van der Waals surface area contributed by atoms with Crippen LogP contribution in [0.5, 0.6) is 11.5 Å². The largest absolute Gasteiger partial charge is 0.465 e. The van der Waals surface area contributed by atoms with Crippen LogP contribution in [0.25, 0.3) is 0 Å². The summed E-state index contributed by atoms with van der Waals surface area (Å²) >= 11 is 0. The second-order valence-electron chi connectivity index (χ2n) is 6.80. The van der Waals surface area contributed by atoms with Crippen LogP contribution < -0.4 is 9.47 Å². The summed E-state index contributed by atoms with van der Waals surface area (Å²) in [5.74, 6) is 0.929. The minimum atomic E-state index is -0.522. The Morgan fingerprint density at radius 2 is 1.78 bits per heavy atom. The van der Waals surface area contributed by atoms with Gasteiger partial charge in [0.1, 0.15) is 0 Å². The van der Waals surface area contributed by atoms with Crippen LogP contribution >= 0.6 is 0 Å². The summed E-state index contributed by atoms with van der Waals surface area (Å²) in [7, 11) is 1.31. The van der Waals surface area contributed by atoms with E-state index in [2.05, 4.69) is 0 Å². The number of rotatable bonds is 6. The molecule has 0 spiro atoms. The van der Waals surface area contributed by atoms with Gasteiger partial charge < -0.3 is 19.1 Å². The second-order valence-corrected chi connectivity index (χ2v) is 6.80. The quantitative estimate of drug-likeness (QED) is 0.729. The SMILES string of the molecule is COC(=O)c1ccccc1C(=O)N(Cc1ccc2c(c1)OCO2)CC(C)C. The van der Waals surface area contributed by atoms with Crippen molar-refractivity contribution in [1.29, 1.82) is 0 Å². The van der Waals surface area contributed by atoms with Crippen molar-refractivity contribution in [2.75, 3.05) is 20.4 Å². The Hall–Kier alpha value is -3.02. The van der Waals surface area contributed by atoms with Crippen molar-refractivity contribution in [1.82, 2.24) is 4.90 Å². The van der Waals surface area contributed by atoms with Crippen LogP contribution in [0.3, 0.4) is 0 Å². The Kier molecular flexibility index (Phi) is 5.64. The molecule has 0 aliphatic carbocycles. The predicted octanol–water partition coefficient (Wildman–Crippen LogP) is 3.50. The number of amides is 1. The molecule has 0 radical (unpaired) electrons. The molecule has 2 aromatic carbocycles. The normalized spacial score (nSPS) is 12.1. The monoisotopic (exact) mass is 369 g/mol. The van der Waals surface area contributed by atoms with Gasteiger partial charge in [0.25, 0.3) is 5.91 Å². The molecule has 6 nitrogen and oxygen atoms in total. The van der Waals surface area contributed by atoms with Crippen molar-refractivity contribution in [3.8, 4) is 11.5 Å². The van der Waals surface area contributed by atoms with E-state index in [1.807, 2.05) is 32.0 Å². The van der Waals surface area contributed by atoms with Crippen molar-refractivity contribution in [2.45, 2.75) is 20.4 Å². The molecule has 1 amide bonds. The van der Waals surface area contributed by atoms with Gasteiger partial charge in [-0.15, -0.1) is 0 Å². The van der Waals surface area contributed by atoms with Gasteiger partial charge in [0, 0.05) is 13.1 Å². The number of methoxy groups -OCH3 is 1. The third-order valence-corrected chi connectivity index (χ3v) is 4.25. The van der Waals surface area contributed by atoms with Crippen molar-refractivity contribution in [3.05, 3.63) is 59.2 Å². The maximum atomic E-state index is 13.2. The number of hydrogen-bond acceptors (Lipinski definition) is 5. The van der Waals surface area contributed by atoms with Gasteiger partial charge in [-0.3, -0.25) is 4.79 Å². The lowest BCUT2D eigenvalue weighted by Crippen LogP contribution is -2.34. The van der Waals surface area contributed by atoms with Gasteiger partial charge >= 0.3 is 5.97 Å². The Morgan fingerprint density at radius 3 is 2.48 bits per heavy atom. The molecule has 0 aromatic heterocycles. The van der Waals surface area contributed by atoms with Gasteiger partial charge in [-0.25, -0.2) is 4.79 Å². The molecule has 1 aliphatic heterocycles. The fraction of sp³-hybridized carbons (Fsp3) is 0.333. The molecule has 142 valence electrons. The van der Waals surface area contributed by atoms with Crippen molar-refractivity contribution >= 4 is 11.9 Å². The van der Waals surface area contributed by atoms with Gasteiger partial charge in [0.05, 0.1) is 18.2 Å². The summed E-state index contributed by atoms with van der Waals surface area (Å²) in [6, 6.07) is 12.4. The lowest BCUT2D eigenvalue weighted by Gasteiger charge is -2.25. The zero-order valence-corrected chi connectivity index (χ0v) is 15.7. The maximum absolute atomic E-state index is 13.2. The average molecular weight is 369 g/mol. The van der Waals surface area contributed by atoms with E-state index in [1.165, 1.54) is 7.11 Å². The number of benzene rings is 2.